The maximum Gasteiger partial charge on any atom is 0.0714 e. The molecule has 0 atom stereocenters. The van der Waals surface area contributed by atoms with Crippen molar-refractivity contribution in [1.82, 2.24) is 19.1 Å². The Balaban J connectivity index is 1.07. The predicted octanol–water partition coefficient (Wildman–Crippen LogP) is 12.5. The number of fused-ring (bicyclic) bond motifs is 6. The van der Waals surface area contributed by atoms with Crippen molar-refractivity contribution >= 4 is 43.6 Å². The molecule has 252 valence electrons. The first kappa shape index (κ1) is 31.0. The van der Waals surface area contributed by atoms with Crippen LogP contribution in [0.2, 0.25) is 0 Å². The van der Waals surface area contributed by atoms with Crippen LogP contribution in [-0.2, 0) is 6.42 Å². The molecule has 0 bridgehead atoms. The molecule has 4 aromatic heterocycles. The quantitative estimate of drug-likeness (QED) is 0.175. The first-order chi connectivity index (χ1) is 26.1. The van der Waals surface area contributed by atoms with Gasteiger partial charge in [0.2, 0.25) is 0 Å². The zero-order valence-electron chi connectivity index (χ0n) is 29.7. The fourth-order valence-corrected chi connectivity index (χ4v) is 8.21. The summed E-state index contributed by atoms with van der Waals surface area (Å²) < 4.78 is 4.74. The Morgan fingerprint density at radius 3 is 1.55 bits per heavy atom. The van der Waals surface area contributed by atoms with E-state index < -0.39 is 0 Å². The highest BCUT2D eigenvalue weighted by atomic mass is 15.0. The summed E-state index contributed by atoms with van der Waals surface area (Å²) in [6, 6.07) is 56.9. The van der Waals surface area contributed by atoms with E-state index in [4.69, 9.17) is 9.97 Å². The van der Waals surface area contributed by atoms with Gasteiger partial charge < -0.3 is 9.13 Å². The van der Waals surface area contributed by atoms with Gasteiger partial charge in [-0.05, 0) is 96.8 Å². The van der Waals surface area contributed by atoms with Crippen LogP contribution < -0.4 is 0 Å². The topological polar surface area (TPSA) is 35.6 Å². The van der Waals surface area contributed by atoms with Gasteiger partial charge in [-0.1, -0.05) is 97.9 Å². The lowest BCUT2D eigenvalue weighted by molar-refractivity contribution is 1.11. The lowest BCUT2D eigenvalue weighted by Gasteiger charge is -2.15. The number of nitrogens with zero attached hydrogens (tertiary/aromatic N) is 4. The molecule has 0 aliphatic heterocycles. The molecular formula is C49H36N4. The molecule has 4 nitrogen and oxygen atoms in total. The summed E-state index contributed by atoms with van der Waals surface area (Å²) in [4.78, 5) is 9.89. The maximum atomic E-state index is 5.12. The number of pyridine rings is 2. The molecule has 0 aliphatic carbocycles. The van der Waals surface area contributed by atoms with Gasteiger partial charge in [0.1, 0.15) is 0 Å². The molecule has 4 heterocycles. The molecule has 0 radical (unpaired) electrons. The van der Waals surface area contributed by atoms with Crippen LogP contribution in [0.15, 0.2) is 170 Å². The second-order valence-electron chi connectivity index (χ2n) is 13.8. The summed E-state index contributed by atoms with van der Waals surface area (Å²) in [5, 5.41) is 5.03. The summed E-state index contributed by atoms with van der Waals surface area (Å²) in [7, 11) is 0. The van der Waals surface area contributed by atoms with E-state index >= 15 is 0 Å². The second kappa shape index (κ2) is 12.5. The van der Waals surface area contributed by atoms with Gasteiger partial charge >= 0.3 is 0 Å². The van der Waals surface area contributed by atoms with E-state index in [1.165, 1.54) is 49.2 Å². The van der Waals surface area contributed by atoms with Gasteiger partial charge in [0.25, 0.3) is 0 Å². The van der Waals surface area contributed by atoms with E-state index in [2.05, 4.69) is 181 Å². The smallest absolute Gasteiger partial charge is 0.0714 e. The molecule has 0 amide bonds. The summed E-state index contributed by atoms with van der Waals surface area (Å²) in [5.74, 6) is 0. The number of hydrogen-bond donors (Lipinski definition) is 0. The Morgan fingerprint density at radius 2 is 0.981 bits per heavy atom. The largest absolute Gasteiger partial charge is 0.309 e. The number of benzene rings is 6. The molecule has 0 aliphatic rings. The van der Waals surface area contributed by atoms with Crippen LogP contribution in [0.5, 0.6) is 0 Å². The van der Waals surface area contributed by atoms with Crippen molar-refractivity contribution in [3.8, 4) is 44.9 Å². The zero-order valence-corrected chi connectivity index (χ0v) is 29.7. The molecule has 0 saturated carbocycles. The minimum Gasteiger partial charge on any atom is -0.309 e. The SMILES string of the molecule is CCc1ccc(-n2c3ccccc3c3ccccc32)cc1-c1cc(-c2cncc(-c3cccc(-n4c5ccccc5c5ccccc54)c3)c2)cc(C)n1. The van der Waals surface area contributed by atoms with Crippen LogP contribution in [-0.4, -0.2) is 19.1 Å². The van der Waals surface area contributed by atoms with E-state index in [1.54, 1.807) is 0 Å². The fraction of sp³-hybridized carbons (Fsp3) is 0.0612. The molecule has 0 N–H and O–H groups in total. The summed E-state index contributed by atoms with van der Waals surface area (Å²) >= 11 is 0. The average molecular weight is 681 g/mol. The minimum absolute atomic E-state index is 0.910. The Bertz CT molecular complexity index is 2910. The number of rotatable bonds is 6. The van der Waals surface area contributed by atoms with E-state index in [1.807, 2.05) is 12.4 Å². The first-order valence-corrected chi connectivity index (χ1v) is 18.3. The van der Waals surface area contributed by atoms with Gasteiger partial charge in [-0.3, -0.25) is 9.97 Å². The predicted molar refractivity (Wildman–Crippen MR) is 221 cm³/mol. The lowest BCUT2D eigenvalue weighted by Crippen LogP contribution is -1.99. The number of hydrogen-bond acceptors (Lipinski definition) is 2. The van der Waals surface area contributed by atoms with Crippen LogP contribution in [0.3, 0.4) is 0 Å². The van der Waals surface area contributed by atoms with Gasteiger partial charge in [0.15, 0.2) is 0 Å². The molecule has 0 unspecified atom stereocenters. The van der Waals surface area contributed by atoms with Crippen LogP contribution in [0.1, 0.15) is 18.2 Å². The average Bonchev–Trinajstić information content (AvgIpc) is 3.74. The van der Waals surface area contributed by atoms with Crippen molar-refractivity contribution in [2.75, 3.05) is 0 Å². The summed E-state index contributed by atoms with van der Waals surface area (Å²) in [6.45, 7) is 4.30. The highest BCUT2D eigenvalue weighted by molar-refractivity contribution is 6.10. The molecule has 10 aromatic rings. The van der Waals surface area contributed by atoms with E-state index in [-0.39, 0.29) is 0 Å². The molecule has 0 fully saturated rings. The van der Waals surface area contributed by atoms with Crippen LogP contribution in [0.4, 0.5) is 0 Å². The fourth-order valence-electron chi connectivity index (χ4n) is 8.21. The van der Waals surface area contributed by atoms with Gasteiger partial charge in [-0.2, -0.15) is 0 Å². The summed E-state index contributed by atoms with van der Waals surface area (Å²) in [5.41, 5.74) is 15.8. The number of aryl methyl sites for hydroxylation is 2. The van der Waals surface area contributed by atoms with Gasteiger partial charge in [0, 0.05) is 67.7 Å². The second-order valence-corrected chi connectivity index (χ2v) is 13.8. The Hall–Kier alpha value is -6.78. The lowest BCUT2D eigenvalue weighted by atomic mass is 9.97. The molecule has 53 heavy (non-hydrogen) atoms. The van der Waals surface area contributed by atoms with Crippen LogP contribution in [0.25, 0.3) is 88.5 Å². The van der Waals surface area contributed by atoms with Crippen molar-refractivity contribution in [2.45, 2.75) is 20.3 Å². The van der Waals surface area contributed by atoms with Crippen molar-refractivity contribution in [2.24, 2.45) is 0 Å². The molecule has 10 rings (SSSR count). The molecule has 0 spiro atoms. The maximum absolute atomic E-state index is 5.12. The van der Waals surface area contributed by atoms with Crippen molar-refractivity contribution < 1.29 is 0 Å². The van der Waals surface area contributed by atoms with E-state index in [0.29, 0.717) is 0 Å². The third-order valence-corrected chi connectivity index (χ3v) is 10.6. The molecule has 4 heteroatoms. The minimum atomic E-state index is 0.910. The first-order valence-electron chi connectivity index (χ1n) is 18.3. The van der Waals surface area contributed by atoms with Gasteiger partial charge in [0.05, 0.1) is 27.8 Å². The Labute approximate surface area is 308 Å². The van der Waals surface area contributed by atoms with Gasteiger partial charge in [-0.25, -0.2) is 0 Å². The van der Waals surface area contributed by atoms with E-state index in [9.17, 15) is 0 Å². The highest BCUT2D eigenvalue weighted by Crippen LogP contribution is 2.37. The Morgan fingerprint density at radius 1 is 0.453 bits per heavy atom. The third kappa shape index (κ3) is 5.14. The van der Waals surface area contributed by atoms with E-state index in [0.717, 1.165) is 57.0 Å². The Kier molecular flexibility index (Phi) is 7.29. The highest BCUT2D eigenvalue weighted by Gasteiger charge is 2.16. The standard InChI is InChI=1S/C49H36N4/c1-3-33-23-24-39(53-48-21-10-6-17-42(48)43-18-7-11-22-49(43)53)29-44(33)45-28-35(25-32(2)51-45)37-26-36(30-50-31-37)34-13-12-14-38(27-34)52-46-19-8-4-15-40(46)41-16-5-9-20-47(41)52/h4-31H,3H2,1-2H3. The molecule has 0 saturated heterocycles. The van der Waals surface area contributed by atoms with Crippen molar-refractivity contribution in [1.29, 1.82) is 0 Å². The monoisotopic (exact) mass is 680 g/mol. The number of para-hydroxylation sites is 4. The van der Waals surface area contributed by atoms with Gasteiger partial charge in [-0.15, -0.1) is 0 Å². The van der Waals surface area contributed by atoms with Crippen LogP contribution >= 0.6 is 0 Å². The van der Waals surface area contributed by atoms with Crippen molar-refractivity contribution in [3.63, 3.8) is 0 Å². The zero-order chi connectivity index (χ0) is 35.5. The van der Waals surface area contributed by atoms with Crippen molar-refractivity contribution in [3.05, 3.63) is 181 Å². The normalized spacial score (nSPS) is 11.7. The third-order valence-electron chi connectivity index (χ3n) is 10.6. The van der Waals surface area contributed by atoms with Crippen LogP contribution in [0, 0.1) is 6.92 Å². The molecular weight excluding hydrogens is 645 g/mol. The summed E-state index contributed by atoms with van der Waals surface area (Å²) in [6.07, 6.45) is 4.84. The molecule has 6 aromatic carbocycles. The number of aromatic nitrogens is 4.